The molecular formula is C28H30N4O6S. The molecule has 1 aromatic heterocycles. The van der Waals surface area contributed by atoms with Crippen LogP contribution in [0.3, 0.4) is 0 Å². The number of hydrogen-bond donors (Lipinski definition) is 4. The van der Waals surface area contributed by atoms with Gasteiger partial charge < -0.3 is 23.7 Å². The van der Waals surface area contributed by atoms with Crippen LogP contribution < -0.4 is 10.1 Å². The molecule has 0 spiro atoms. The molecule has 1 aliphatic carbocycles. The van der Waals surface area contributed by atoms with Crippen molar-refractivity contribution in [2.45, 2.75) is 37.1 Å². The normalized spacial score (nSPS) is 13.7. The third-order valence-electron chi connectivity index (χ3n) is 6.20. The minimum atomic E-state index is -3.87. The van der Waals surface area contributed by atoms with Crippen molar-refractivity contribution in [1.29, 1.82) is 0 Å². The predicted molar refractivity (Wildman–Crippen MR) is 148 cm³/mol. The Morgan fingerprint density at radius 3 is 2.69 bits per heavy atom. The molecule has 10 nitrogen and oxygen atoms in total. The van der Waals surface area contributed by atoms with Gasteiger partial charge in [-0.2, -0.15) is 5.11 Å². The number of carbonyl (C=O) groups is 2. The lowest BCUT2D eigenvalue weighted by atomic mass is 9.86. The Labute approximate surface area is 228 Å². The first-order valence-corrected chi connectivity index (χ1v) is 13.9. The number of benzene rings is 2. The number of allylic oxidation sites excluding steroid dienone is 1. The van der Waals surface area contributed by atoms with Crippen LogP contribution in [0.4, 0.5) is 5.82 Å². The molecule has 0 saturated heterocycles. The summed E-state index contributed by atoms with van der Waals surface area (Å²) < 4.78 is 34.6. The van der Waals surface area contributed by atoms with E-state index >= 15 is 0 Å². The van der Waals surface area contributed by atoms with E-state index in [2.05, 4.69) is 27.1 Å². The number of amides is 1. The van der Waals surface area contributed by atoms with Crippen LogP contribution in [0.25, 0.3) is 0 Å². The average molecular weight is 551 g/mol. The Balaban J connectivity index is 1.29. The van der Waals surface area contributed by atoms with Gasteiger partial charge in [0, 0.05) is 23.7 Å². The van der Waals surface area contributed by atoms with Crippen molar-refractivity contribution in [3.05, 3.63) is 95.2 Å². The summed E-state index contributed by atoms with van der Waals surface area (Å²) in [5.41, 5.74) is 3.53. The zero-order chi connectivity index (χ0) is 27.8. The van der Waals surface area contributed by atoms with Crippen molar-refractivity contribution in [3.8, 4) is 5.75 Å². The van der Waals surface area contributed by atoms with E-state index in [0.29, 0.717) is 29.7 Å². The summed E-state index contributed by atoms with van der Waals surface area (Å²) in [4.78, 5) is 28.9. The van der Waals surface area contributed by atoms with Gasteiger partial charge in [-0.05, 0) is 60.7 Å². The van der Waals surface area contributed by atoms with Crippen LogP contribution >= 0.6 is 10.9 Å². The molecule has 0 fully saturated rings. The topological polar surface area (TPSA) is 154 Å². The maximum atomic E-state index is 12.5. The van der Waals surface area contributed by atoms with Crippen LogP contribution in [0, 0.1) is 0 Å². The maximum absolute atomic E-state index is 12.5. The molecule has 4 N–H and O–H groups in total. The van der Waals surface area contributed by atoms with Gasteiger partial charge in [0.05, 0.1) is 23.5 Å². The summed E-state index contributed by atoms with van der Waals surface area (Å²) in [6, 6.07) is 13.0. The highest BCUT2D eigenvalue weighted by Crippen LogP contribution is 2.45. The number of rotatable bonds is 11. The molecule has 1 amide bonds. The molecule has 4 rings (SSSR count). The largest absolute Gasteiger partial charge is 0.491 e. The molecule has 0 bridgehead atoms. The lowest BCUT2D eigenvalue weighted by Crippen LogP contribution is -2.28. The SMILES string of the molecule is C=CCc1c(OCCNC(=O)c2ccc(N=NCc3ccccc3S(O)(O)O)nc2)ccc2c1CCCC2=O. The Bertz CT molecular complexity index is 1390. The number of ether oxygens (including phenoxy) is 1. The molecule has 11 heteroatoms. The first kappa shape index (κ1) is 28.1. The maximum Gasteiger partial charge on any atom is 0.252 e. The molecular weight excluding hydrogens is 520 g/mol. The Kier molecular flexibility index (Phi) is 9.20. The number of nitrogens with zero attached hydrogens (tertiary/aromatic N) is 3. The van der Waals surface area contributed by atoms with Gasteiger partial charge in [0.25, 0.3) is 5.91 Å². The van der Waals surface area contributed by atoms with Crippen LogP contribution in [-0.2, 0) is 19.4 Å². The Hall–Kier alpha value is -3.90. The van der Waals surface area contributed by atoms with Crippen molar-refractivity contribution < 1.29 is 28.0 Å². The molecule has 39 heavy (non-hydrogen) atoms. The van der Waals surface area contributed by atoms with Gasteiger partial charge in [-0.1, -0.05) is 24.3 Å². The molecule has 0 radical (unpaired) electrons. The molecule has 1 aliphatic rings. The molecule has 0 unspecified atom stereocenters. The fraction of sp³-hybridized carbons (Fsp3) is 0.250. The number of carbonyl (C=O) groups excluding carboxylic acids is 2. The Morgan fingerprint density at radius 1 is 1.13 bits per heavy atom. The Morgan fingerprint density at radius 2 is 1.95 bits per heavy atom. The van der Waals surface area contributed by atoms with Crippen molar-refractivity contribution >= 4 is 28.4 Å². The van der Waals surface area contributed by atoms with E-state index in [1.165, 1.54) is 18.3 Å². The number of Topliss-reactive ketones (excluding diaryl/α,β-unsaturated/α-hetero) is 1. The van der Waals surface area contributed by atoms with Gasteiger partial charge in [-0.25, -0.2) is 4.98 Å². The van der Waals surface area contributed by atoms with Gasteiger partial charge in [0.15, 0.2) is 11.6 Å². The van der Waals surface area contributed by atoms with Crippen LogP contribution in [-0.4, -0.2) is 43.5 Å². The number of pyridine rings is 1. The number of ketones is 1. The number of hydrogen-bond acceptors (Lipinski definition) is 9. The van der Waals surface area contributed by atoms with Gasteiger partial charge in [-0.15, -0.1) is 11.7 Å². The van der Waals surface area contributed by atoms with Crippen LogP contribution in [0.2, 0.25) is 0 Å². The minimum absolute atomic E-state index is 0.00552. The van der Waals surface area contributed by atoms with E-state index in [-0.39, 0.29) is 42.1 Å². The highest BCUT2D eigenvalue weighted by Gasteiger charge is 2.22. The monoisotopic (exact) mass is 550 g/mol. The van der Waals surface area contributed by atoms with Crippen LogP contribution in [0.1, 0.15) is 50.2 Å². The second kappa shape index (κ2) is 12.8. The van der Waals surface area contributed by atoms with Gasteiger partial charge in [0.1, 0.15) is 23.2 Å². The van der Waals surface area contributed by atoms with Crippen molar-refractivity contribution in [1.82, 2.24) is 10.3 Å². The molecule has 204 valence electrons. The zero-order valence-corrected chi connectivity index (χ0v) is 22.1. The van der Waals surface area contributed by atoms with E-state index in [1.54, 1.807) is 30.3 Å². The van der Waals surface area contributed by atoms with Crippen LogP contribution in [0.15, 0.2) is 82.5 Å². The summed E-state index contributed by atoms with van der Waals surface area (Å²) in [5.74, 6) is 0.803. The fourth-order valence-electron chi connectivity index (χ4n) is 4.37. The molecule has 0 saturated carbocycles. The molecule has 1 heterocycles. The second-order valence-electron chi connectivity index (χ2n) is 8.87. The number of aromatic nitrogens is 1. The molecule has 2 aromatic carbocycles. The third kappa shape index (κ3) is 7.15. The van der Waals surface area contributed by atoms with E-state index in [4.69, 9.17) is 4.74 Å². The van der Waals surface area contributed by atoms with E-state index in [0.717, 1.165) is 29.5 Å². The predicted octanol–water partition coefficient (Wildman–Crippen LogP) is 6.00. The number of azo groups is 1. The van der Waals surface area contributed by atoms with Crippen molar-refractivity contribution in [2.75, 3.05) is 13.2 Å². The first-order valence-electron chi connectivity index (χ1n) is 12.4. The van der Waals surface area contributed by atoms with Crippen molar-refractivity contribution in [3.63, 3.8) is 0 Å². The minimum Gasteiger partial charge on any atom is -0.491 e. The zero-order valence-electron chi connectivity index (χ0n) is 21.2. The van der Waals surface area contributed by atoms with Crippen LogP contribution in [0.5, 0.6) is 5.75 Å². The quantitative estimate of drug-likeness (QED) is 0.130. The summed E-state index contributed by atoms with van der Waals surface area (Å²) >= 11 is 0. The van der Waals surface area contributed by atoms with E-state index in [9.17, 15) is 23.2 Å². The molecule has 3 aromatic rings. The lowest BCUT2D eigenvalue weighted by molar-refractivity contribution is 0.0943. The fourth-order valence-corrected chi connectivity index (χ4v) is 5.12. The summed E-state index contributed by atoms with van der Waals surface area (Å²) in [6.45, 7) is 4.35. The first-order chi connectivity index (χ1) is 18.8. The van der Waals surface area contributed by atoms with E-state index < -0.39 is 10.9 Å². The standard InChI is InChI=1S/C28H30N4O6S/c1-2-6-23-21-8-5-9-24(33)22(21)12-13-25(23)38-16-15-29-28(34)20-11-14-27(30-17-20)32-31-18-19-7-3-4-10-26(19)39(35,36)37/h2-4,7,10-14,17,35-37H,1,5-6,8-9,15-16,18H2,(H,29,34). The van der Waals surface area contributed by atoms with Gasteiger partial charge in [0.2, 0.25) is 0 Å². The van der Waals surface area contributed by atoms with Gasteiger partial charge in [-0.3, -0.25) is 9.59 Å². The van der Waals surface area contributed by atoms with Gasteiger partial charge >= 0.3 is 0 Å². The third-order valence-corrected chi connectivity index (χ3v) is 7.19. The molecule has 0 aliphatic heterocycles. The second-order valence-corrected chi connectivity index (χ2v) is 10.4. The number of nitrogens with one attached hydrogen (secondary N) is 1. The lowest BCUT2D eigenvalue weighted by Gasteiger charge is -2.21. The number of fused-ring (bicyclic) bond motifs is 1. The smallest absolute Gasteiger partial charge is 0.252 e. The molecule has 0 atom stereocenters. The highest BCUT2D eigenvalue weighted by atomic mass is 32.3. The summed E-state index contributed by atoms with van der Waals surface area (Å²) in [7, 11) is -3.87. The van der Waals surface area contributed by atoms with E-state index in [1.807, 2.05) is 12.1 Å². The average Bonchev–Trinajstić information content (AvgIpc) is 2.92. The summed E-state index contributed by atoms with van der Waals surface area (Å²) in [5, 5.41) is 10.8. The van der Waals surface area contributed by atoms with Crippen molar-refractivity contribution in [2.24, 2.45) is 10.2 Å². The highest BCUT2D eigenvalue weighted by molar-refractivity contribution is 8.19. The summed E-state index contributed by atoms with van der Waals surface area (Å²) in [6.07, 6.45) is 6.02.